The molecule has 0 aliphatic carbocycles. The molecule has 1 aromatic rings. The van der Waals surface area contributed by atoms with Crippen LogP contribution in [0.25, 0.3) is 0 Å². The Morgan fingerprint density at radius 2 is 2.40 bits per heavy atom. The molecule has 0 amide bonds. The van der Waals surface area contributed by atoms with Crippen LogP contribution in [-0.4, -0.2) is 42.1 Å². The molecular formula is C12H15F2N3O3. The van der Waals surface area contributed by atoms with Crippen LogP contribution in [0, 0.1) is 10.1 Å². The summed E-state index contributed by atoms with van der Waals surface area (Å²) in [6.45, 7) is 2.27. The lowest BCUT2D eigenvalue weighted by Gasteiger charge is -2.33. The number of nitrogens with zero attached hydrogens (tertiary/aromatic N) is 3. The lowest BCUT2D eigenvalue weighted by Crippen LogP contribution is -2.46. The summed E-state index contributed by atoms with van der Waals surface area (Å²) in [5.74, 6) is -0.308. The number of morpholine rings is 1. The van der Waals surface area contributed by atoms with Crippen LogP contribution in [0.1, 0.15) is 12.5 Å². The number of aryl methyl sites for hydroxylation is 1. The third-order valence-electron chi connectivity index (χ3n) is 3.20. The summed E-state index contributed by atoms with van der Waals surface area (Å²) in [5, 5.41) is 11.0. The van der Waals surface area contributed by atoms with Gasteiger partial charge in [0.05, 0.1) is 13.2 Å². The first kappa shape index (κ1) is 14.6. The minimum absolute atomic E-state index is 0.0760. The van der Waals surface area contributed by atoms with Gasteiger partial charge in [-0.25, -0.2) is 8.78 Å². The summed E-state index contributed by atoms with van der Waals surface area (Å²) >= 11 is 0. The highest BCUT2D eigenvalue weighted by Crippen LogP contribution is 2.29. The summed E-state index contributed by atoms with van der Waals surface area (Å²) in [7, 11) is 0. The minimum atomic E-state index is -2.61. The van der Waals surface area contributed by atoms with Gasteiger partial charge >= 0.3 is 5.82 Å². The van der Waals surface area contributed by atoms with Crippen molar-refractivity contribution in [1.29, 1.82) is 0 Å². The van der Waals surface area contributed by atoms with Gasteiger partial charge in [-0.1, -0.05) is 6.92 Å². The number of rotatable bonds is 4. The summed E-state index contributed by atoms with van der Waals surface area (Å²) in [4.78, 5) is 15.8. The smallest absolute Gasteiger partial charge is 0.369 e. The SMILES string of the molecule is CCc1cnc([N+](=O)[O-])c(N2CCOC(C(F)F)C2)c1. The van der Waals surface area contributed by atoms with Gasteiger partial charge in [-0.2, -0.15) is 0 Å². The zero-order valence-corrected chi connectivity index (χ0v) is 11.0. The Hall–Kier alpha value is -1.83. The Labute approximate surface area is 114 Å². The molecule has 8 heteroatoms. The third kappa shape index (κ3) is 3.01. The van der Waals surface area contributed by atoms with Crippen molar-refractivity contribution in [3.63, 3.8) is 0 Å². The lowest BCUT2D eigenvalue weighted by molar-refractivity contribution is -0.388. The first-order valence-electron chi connectivity index (χ1n) is 6.31. The monoisotopic (exact) mass is 287 g/mol. The van der Waals surface area contributed by atoms with E-state index in [1.807, 2.05) is 6.92 Å². The van der Waals surface area contributed by atoms with E-state index in [2.05, 4.69) is 4.98 Å². The molecule has 1 aromatic heterocycles. The summed E-state index contributed by atoms with van der Waals surface area (Å²) < 4.78 is 30.4. The van der Waals surface area contributed by atoms with Crippen LogP contribution >= 0.6 is 0 Å². The number of nitro groups is 1. The fourth-order valence-corrected chi connectivity index (χ4v) is 2.10. The number of hydrogen-bond acceptors (Lipinski definition) is 5. The van der Waals surface area contributed by atoms with E-state index < -0.39 is 17.5 Å². The van der Waals surface area contributed by atoms with E-state index >= 15 is 0 Å². The van der Waals surface area contributed by atoms with E-state index in [1.165, 1.54) is 6.20 Å². The molecule has 0 bridgehead atoms. The maximum absolute atomic E-state index is 12.7. The number of hydrogen-bond donors (Lipinski definition) is 0. The summed E-state index contributed by atoms with van der Waals surface area (Å²) in [6.07, 6.45) is -1.74. The van der Waals surface area contributed by atoms with Gasteiger partial charge in [0, 0.05) is 6.54 Å². The largest absolute Gasteiger partial charge is 0.387 e. The quantitative estimate of drug-likeness (QED) is 0.626. The van der Waals surface area contributed by atoms with Crippen molar-refractivity contribution < 1.29 is 18.4 Å². The van der Waals surface area contributed by atoms with Crippen LogP contribution in [0.15, 0.2) is 12.3 Å². The van der Waals surface area contributed by atoms with Gasteiger partial charge in [-0.05, 0) is 28.0 Å². The van der Waals surface area contributed by atoms with Crippen molar-refractivity contribution in [2.45, 2.75) is 25.9 Å². The Bertz CT molecular complexity index is 499. The highest BCUT2D eigenvalue weighted by atomic mass is 19.3. The molecule has 20 heavy (non-hydrogen) atoms. The Kier molecular flexibility index (Phi) is 4.43. The van der Waals surface area contributed by atoms with Gasteiger partial charge in [0.15, 0.2) is 0 Å². The van der Waals surface area contributed by atoms with Gasteiger partial charge in [-0.3, -0.25) is 0 Å². The van der Waals surface area contributed by atoms with E-state index in [1.54, 1.807) is 11.0 Å². The van der Waals surface area contributed by atoms with Crippen LogP contribution in [0.2, 0.25) is 0 Å². The Morgan fingerprint density at radius 1 is 1.65 bits per heavy atom. The maximum Gasteiger partial charge on any atom is 0.387 e. The van der Waals surface area contributed by atoms with Crippen molar-refractivity contribution >= 4 is 11.5 Å². The van der Waals surface area contributed by atoms with Crippen molar-refractivity contribution in [2.75, 3.05) is 24.6 Å². The molecule has 6 nitrogen and oxygen atoms in total. The molecule has 1 aliphatic rings. The van der Waals surface area contributed by atoms with Crippen LogP contribution < -0.4 is 4.90 Å². The Balaban J connectivity index is 2.32. The average molecular weight is 287 g/mol. The molecule has 110 valence electrons. The van der Waals surface area contributed by atoms with Crippen molar-refractivity contribution in [3.05, 3.63) is 27.9 Å². The molecule has 0 N–H and O–H groups in total. The first-order valence-corrected chi connectivity index (χ1v) is 6.31. The number of pyridine rings is 1. The zero-order valence-electron chi connectivity index (χ0n) is 11.0. The third-order valence-corrected chi connectivity index (χ3v) is 3.20. The molecule has 1 unspecified atom stereocenters. The zero-order chi connectivity index (χ0) is 14.7. The van der Waals surface area contributed by atoms with Crippen molar-refractivity contribution in [2.24, 2.45) is 0 Å². The summed E-state index contributed by atoms with van der Waals surface area (Å²) in [6, 6.07) is 1.64. The number of alkyl halides is 2. The van der Waals surface area contributed by atoms with Crippen molar-refractivity contribution in [3.8, 4) is 0 Å². The molecule has 0 radical (unpaired) electrons. The topological polar surface area (TPSA) is 68.5 Å². The molecule has 1 saturated heterocycles. The fourth-order valence-electron chi connectivity index (χ4n) is 2.10. The molecule has 1 fully saturated rings. The molecule has 0 aromatic carbocycles. The standard InChI is InChI=1S/C12H15F2N3O3/c1-2-8-5-9(12(15-6-8)17(18)19)16-3-4-20-10(7-16)11(13)14/h5-6,10-11H,2-4,7H2,1H3. The first-order chi connectivity index (χ1) is 9.52. The molecule has 0 spiro atoms. The molecule has 1 aliphatic heterocycles. The highest BCUT2D eigenvalue weighted by molar-refractivity contribution is 5.60. The molecule has 2 heterocycles. The van der Waals surface area contributed by atoms with Crippen LogP contribution in [-0.2, 0) is 11.2 Å². The second-order valence-corrected chi connectivity index (χ2v) is 4.49. The van der Waals surface area contributed by atoms with Gasteiger partial charge in [0.2, 0.25) is 0 Å². The van der Waals surface area contributed by atoms with E-state index in [9.17, 15) is 18.9 Å². The highest BCUT2D eigenvalue weighted by Gasteiger charge is 2.31. The lowest BCUT2D eigenvalue weighted by atomic mass is 10.1. The van der Waals surface area contributed by atoms with Gasteiger partial charge in [0.1, 0.15) is 18.0 Å². The number of ether oxygens (including phenoxy) is 1. The number of halogens is 2. The second-order valence-electron chi connectivity index (χ2n) is 4.49. The molecular weight excluding hydrogens is 272 g/mol. The second kappa shape index (κ2) is 6.08. The fraction of sp³-hybridized carbons (Fsp3) is 0.583. The van der Waals surface area contributed by atoms with Crippen LogP contribution in [0.4, 0.5) is 20.3 Å². The van der Waals surface area contributed by atoms with E-state index in [-0.39, 0.29) is 24.7 Å². The summed E-state index contributed by atoms with van der Waals surface area (Å²) in [5.41, 5.74) is 1.11. The van der Waals surface area contributed by atoms with E-state index in [4.69, 9.17) is 4.74 Å². The van der Waals surface area contributed by atoms with E-state index in [0.29, 0.717) is 13.0 Å². The molecule has 0 saturated carbocycles. The number of anilines is 1. The average Bonchev–Trinajstić information content (AvgIpc) is 2.46. The van der Waals surface area contributed by atoms with Crippen LogP contribution in [0.5, 0.6) is 0 Å². The van der Waals surface area contributed by atoms with Crippen LogP contribution in [0.3, 0.4) is 0 Å². The molecule has 1 atom stereocenters. The van der Waals surface area contributed by atoms with Crippen molar-refractivity contribution in [1.82, 2.24) is 4.98 Å². The predicted octanol–water partition coefficient (Wildman–Crippen LogP) is 2.02. The van der Waals surface area contributed by atoms with Gasteiger partial charge < -0.3 is 19.8 Å². The van der Waals surface area contributed by atoms with E-state index in [0.717, 1.165) is 5.56 Å². The number of aromatic nitrogens is 1. The minimum Gasteiger partial charge on any atom is -0.369 e. The van der Waals surface area contributed by atoms with Gasteiger partial charge in [0.25, 0.3) is 6.43 Å². The van der Waals surface area contributed by atoms with Gasteiger partial charge in [-0.15, -0.1) is 0 Å². The molecule has 2 rings (SSSR count). The normalized spacial score (nSPS) is 19.4. The maximum atomic E-state index is 12.7. The Morgan fingerprint density at radius 3 is 3.00 bits per heavy atom. The predicted molar refractivity (Wildman–Crippen MR) is 68.2 cm³/mol.